The van der Waals surface area contributed by atoms with E-state index in [-0.39, 0.29) is 0 Å². The molecule has 0 aliphatic heterocycles. The van der Waals surface area contributed by atoms with Crippen LogP contribution in [0.1, 0.15) is 49.3 Å². The lowest BCUT2D eigenvalue weighted by atomic mass is 10.1. The number of nitrogens with one attached hydrogen (secondary N) is 1. The summed E-state index contributed by atoms with van der Waals surface area (Å²) in [6.07, 6.45) is 8.28. The van der Waals surface area contributed by atoms with Gasteiger partial charge in [0.05, 0.1) is 0 Å². The van der Waals surface area contributed by atoms with Gasteiger partial charge in [-0.3, -0.25) is 4.79 Å². The van der Waals surface area contributed by atoms with E-state index in [2.05, 4.69) is 31.5 Å². The topological polar surface area (TPSA) is 32.9 Å². The van der Waals surface area contributed by atoms with E-state index in [0.29, 0.717) is 11.5 Å². The third-order valence-corrected chi connectivity index (χ3v) is 1.96. The van der Waals surface area contributed by atoms with Gasteiger partial charge in [0.2, 0.25) is 0 Å². The Morgan fingerprint density at radius 3 is 2.44 bits per heavy atom. The average Bonchev–Trinajstić information content (AvgIpc) is 2.70. The van der Waals surface area contributed by atoms with Crippen molar-refractivity contribution < 1.29 is 4.79 Å². The van der Waals surface area contributed by atoms with Gasteiger partial charge in [-0.1, -0.05) is 46.4 Å². The number of rotatable bonds is 4. The Morgan fingerprint density at radius 1 is 1.38 bits per heavy atom. The minimum atomic E-state index is 0.474. The van der Waals surface area contributed by atoms with Gasteiger partial charge in [0, 0.05) is 23.0 Å². The zero-order valence-electron chi connectivity index (χ0n) is 10.6. The average molecular weight is 219 g/mol. The summed E-state index contributed by atoms with van der Waals surface area (Å²) in [5, 5.41) is 0. The van der Waals surface area contributed by atoms with Crippen LogP contribution in [0.2, 0.25) is 0 Å². The second kappa shape index (κ2) is 7.69. The van der Waals surface area contributed by atoms with E-state index in [9.17, 15) is 4.79 Å². The van der Waals surface area contributed by atoms with Crippen LogP contribution in [0.3, 0.4) is 0 Å². The third kappa shape index (κ3) is 3.89. The predicted molar refractivity (Wildman–Crippen MR) is 71.5 cm³/mol. The summed E-state index contributed by atoms with van der Waals surface area (Å²) in [6.45, 7) is 11.9. The fourth-order valence-corrected chi connectivity index (χ4v) is 1.21. The van der Waals surface area contributed by atoms with Crippen molar-refractivity contribution in [2.75, 3.05) is 0 Å². The van der Waals surface area contributed by atoms with Crippen molar-refractivity contribution in [3.8, 4) is 0 Å². The van der Waals surface area contributed by atoms with Crippen LogP contribution >= 0.6 is 0 Å². The molecule has 1 aromatic heterocycles. The van der Waals surface area contributed by atoms with Crippen molar-refractivity contribution in [2.45, 2.75) is 27.7 Å². The molecule has 2 nitrogen and oxygen atoms in total. The van der Waals surface area contributed by atoms with Gasteiger partial charge in [-0.25, -0.2) is 0 Å². The molecule has 88 valence electrons. The molecule has 1 aromatic rings. The highest BCUT2D eigenvalue weighted by atomic mass is 16.1. The zero-order chi connectivity index (χ0) is 12.6. The Bertz CT molecular complexity index is 333. The van der Waals surface area contributed by atoms with Gasteiger partial charge in [0.15, 0.2) is 6.29 Å². The molecule has 0 amide bonds. The Balaban J connectivity index is 0.00000106. The van der Waals surface area contributed by atoms with Gasteiger partial charge in [0.25, 0.3) is 0 Å². The molecule has 0 atom stereocenters. The van der Waals surface area contributed by atoms with Crippen molar-refractivity contribution in [2.24, 2.45) is 5.92 Å². The lowest BCUT2D eigenvalue weighted by Gasteiger charge is -1.96. The first-order valence-corrected chi connectivity index (χ1v) is 5.66. The lowest BCUT2D eigenvalue weighted by molar-refractivity contribution is 0.112. The Kier molecular flexibility index (Phi) is 6.93. The summed E-state index contributed by atoms with van der Waals surface area (Å²) in [4.78, 5) is 13.7. The van der Waals surface area contributed by atoms with Gasteiger partial charge in [0.1, 0.15) is 0 Å². The number of carbonyl (C=O) groups excluding carboxylic acids is 1. The first kappa shape index (κ1) is 14.4. The third-order valence-electron chi connectivity index (χ3n) is 1.96. The SMILES string of the molecule is C=Cc1[nH]cc(C=O)c1/C=C\C(C)C.CC. The minimum Gasteiger partial charge on any atom is -0.360 e. The van der Waals surface area contributed by atoms with E-state index < -0.39 is 0 Å². The summed E-state index contributed by atoms with van der Waals surface area (Å²) in [6, 6.07) is 0. The smallest absolute Gasteiger partial charge is 0.152 e. The predicted octanol–water partition coefficient (Wildman–Crippen LogP) is 4.17. The highest BCUT2D eigenvalue weighted by Gasteiger charge is 2.04. The molecule has 0 bridgehead atoms. The number of hydrogen-bond donors (Lipinski definition) is 1. The fraction of sp³-hybridized carbons (Fsp3) is 0.357. The minimum absolute atomic E-state index is 0.474. The summed E-state index contributed by atoms with van der Waals surface area (Å²) >= 11 is 0. The van der Waals surface area contributed by atoms with Gasteiger partial charge in [-0.05, 0) is 12.0 Å². The summed E-state index contributed by atoms with van der Waals surface area (Å²) in [7, 11) is 0. The van der Waals surface area contributed by atoms with Crippen molar-refractivity contribution in [1.29, 1.82) is 0 Å². The van der Waals surface area contributed by atoms with Gasteiger partial charge < -0.3 is 4.98 Å². The maximum atomic E-state index is 10.7. The van der Waals surface area contributed by atoms with Crippen LogP contribution in [0.4, 0.5) is 0 Å². The largest absolute Gasteiger partial charge is 0.360 e. The Morgan fingerprint density at radius 2 is 2.00 bits per heavy atom. The second-order valence-corrected chi connectivity index (χ2v) is 3.50. The molecule has 1 rings (SSSR count). The van der Waals surface area contributed by atoms with Crippen LogP contribution in [0.15, 0.2) is 18.9 Å². The van der Waals surface area contributed by atoms with Crippen LogP contribution in [0.5, 0.6) is 0 Å². The molecule has 0 unspecified atom stereocenters. The van der Waals surface area contributed by atoms with E-state index in [1.165, 1.54) is 0 Å². The number of carbonyl (C=O) groups is 1. The molecule has 0 saturated carbocycles. The monoisotopic (exact) mass is 219 g/mol. The molecule has 0 saturated heterocycles. The Hall–Kier alpha value is -1.57. The first-order valence-electron chi connectivity index (χ1n) is 5.66. The normalized spacial score (nSPS) is 10.1. The van der Waals surface area contributed by atoms with Crippen molar-refractivity contribution >= 4 is 18.4 Å². The molecule has 1 N–H and O–H groups in total. The number of aldehydes is 1. The molecule has 0 radical (unpaired) electrons. The van der Waals surface area contributed by atoms with Crippen molar-refractivity contribution in [1.82, 2.24) is 4.98 Å². The van der Waals surface area contributed by atoms with E-state index in [0.717, 1.165) is 17.5 Å². The van der Waals surface area contributed by atoms with Gasteiger partial charge >= 0.3 is 0 Å². The number of hydrogen-bond acceptors (Lipinski definition) is 1. The molecule has 0 aromatic carbocycles. The molecular weight excluding hydrogens is 198 g/mol. The maximum absolute atomic E-state index is 10.7. The molecule has 0 aliphatic carbocycles. The maximum Gasteiger partial charge on any atom is 0.152 e. The number of H-pyrrole nitrogens is 1. The van der Waals surface area contributed by atoms with Crippen LogP contribution in [0.25, 0.3) is 12.2 Å². The highest BCUT2D eigenvalue weighted by Crippen LogP contribution is 2.16. The van der Waals surface area contributed by atoms with Crippen LogP contribution in [-0.2, 0) is 0 Å². The number of aromatic amines is 1. The zero-order valence-corrected chi connectivity index (χ0v) is 10.6. The number of aromatic nitrogens is 1. The molecule has 0 fully saturated rings. The second-order valence-electron chi connectivity index (χ2n) is 3.50. The van der Waals surface area contributed by atoms with E-state index >= 15 is 0 Å². The van der Waals surface area contributed by atoms with E-state index in [4.69, 9.17) is 0 Å². The molecule has 0 aliphatic rings. The quantitative estimate of drug-likeness (QED) is 0.757. The summed E-state index contributed by atoms with van der Waals surface area (Å²) < 4.78 is 0. The summed E-state index contributed by atoms with van der Waals surface area (Å²) in [5.41, 5.74) is 2.49. The first-order chi connectivity index (χ1) is 7.69. The van der Waals surface area contributed by atoms with E-state index in [1.54, 1.807) is 12.3 Å². The van der Waals surface area contributed by atoms with Gasteiger partial charge in [-0.2, -0.15) is 0 Å². The van der Waals surface area contributed by atoms with Crippen LogP contribution in [-0.4, -0.2) is 11.3 Å². The lowest BCUT2D eigenvalue weighted by Crippen LogP contribution is -1.83. The molecule has 1 heterocycles. The summed E-state index contributed by atoms with van der Waals surface area (Å²) in [5.74, 6) is 0.474. The Labute approximate surface area is 98.1 Å². The molecule has 0 spiro atoms. The number of allylic oxidation sites excluding steroid dienone is 1. The molecule has 16 heavy (non-hydrogen) atoms. The van der Waals surface area contributed by atoms with E-state index in [1.807, 2.05) is 19.9 Å². The van der Waals surface area contributed by atoms with Crippen LogP contribution < -0.4 is 0 Å². The molecular formula is C14H21NO. The van der Waals surface area contributed by atoms with Crippen molar-refractivity contribution in [3.05, 3.63) is 35.7 Å². The highest BCUT2D eigenvalue weighted by molar-refractivity contribution is 5.84. The molecule has 2 heteroatoms. The van der Waals surface area contributed by atoms with Gasteiger partial charge in [-0.15, -0.1) is 0 Å². The van der Waals surface area contributed by atoms with Crippen LogP contribution in [0, 0.1) is 5.92 Å². The fourth-order valence-electron chi connectivity index (χ4n) is 1.21. The van der Waals surface area contributed by atoms with Crippen molar-refractivity contribution in [3.63, 3.8) is 0 Å². The standard InChI is InChI=1S/C12H15NO.C2H6/c1-4-12-11(6-5-9(2)3)10(8-14)7-13-12;1-2/h4-9,13H,1H2,2-3H3;1-2H3/b6-5-;.